The fraction of sp³-hybridized carbons (Fsp3) is 0.960. The smallest absolute Gasteiger partial charge is 0.465 e. The zero-order valence-corrected chi connectivity index (χ0v) is 38.2. The highest BCUT2D eigenvalue weighted by Gasteiger charge is 2.29. The van der Waals surface area contributed by atoms with Crippen LogP contribution in [0.1, 0.15) is 259 Å². The summed E-state index contributed by atoms with van der Waals surface area (Å²) in [5, 5.41) is 10.9. The van der Waals surface area contributed by atoms with Crippen LogP contribution in [0.4, 0.5) is 0 Å². The number of hydrogen-bond acceptors (Lipinski definition) is 5. The standard InChI is InChI=1S/C50H97NO5/c1-5-9-13-17-19-27-37-45(35-25-15-11-7-3)49(53)55-43-33-23-21-31-41-51(47-39-29-30-40-48(47)52)42-32-22-24-34-44-56-50(54)46(36-26-16-12-8-4)38-28-20-18-14-10-6-2/h45-48,52H,5-44H2,1-4H3/p+1. The fourth-order valence-electron chi connectivity index (χ4n) is 8.84. The first-order valence-electron chi connectivity index (χ1n) is 25.3. The third kappa shape index (κ3) is 29.1. The quantitative estimate of drug-likeness (QED) is 0.0379. The number of aliphatic hydroxyl groups is 1. The van der Waals surface area contributed by atoms with Gasteiger partial charge in [-0.15, -0.1) is 0 Å². The van der Waals surface area contributed by atoms with E-state index in [-0.39, 0.29) is 23.9 Å². The minimum absolute atomic E-state index is 0.0551. The fourth-order valence-corrected chi connectivity index (χ4v) is 8.84. The molecule has 6 heteroatoms. The summed E-state index contributed by atoms with van der Waals surface area (Å²) < 4.78 is 11.8. The molecule has 1 saturated carbocycles. The molecule has 56 heavy (non-hydrogen) atoms. The highest BCUT2D eigenvalue weighted by Crippen LogP contribution is 2.25. The van der Waals surface area contributed by atoms with Gasteiger partial charge in [0.15, 0.2) is 6.61 Å². The molecular weight excluding hydrogens is 695 g/mol. The van der Waals surface area contributed by atoms with E-state index in [2.05, 4.69) is 32.6 Å². The van der Waals surface area contributed by atoms with Gasteiger partial charge in [-0.2, -0.15) is 0 Å². The second-order valence-electron chi connectivity index (χ2n) is 17.8. The van der Waals surface area contributed by atoms with Crippen LogP contribution < -0.4 is 0 Å². The van der Waals surface area contributed by atoms with Crippen molar-refractivity contribution in [3.8, 4) is 0 Å². The first-order chi connectivity index (χ1) is 27.5. The maximum atomic E-state index is 13.0. The summed E-state index contributed by atoms with van der Waals surface area (Å²) in [5.74, 6) is 0.639. The predicted octanol–water partition coefficient (Wildman–Crippen LogP) is 14.4. The lowest BCUT2D eigenvalue weighted by Gasteiger charge is -2.38. The van der Waals surface area contributed by atoms with Crippen molar-refractivity contribution in [2.24, 2.45) is 11.8 Å². The largest absolute Gasteiger partial charge is 0.485 e. The molecule has 0 saturated heterocycles. The normalized spacial score (nSPS) is 17.0. The van der Waals surface area contributed by atoms with Crippen LogP contribution >= 0.6 is 0 Å². The zero-order chi connectivity index (χ0) is 40.7. The minimum Gasteiger partial charge on any atom is -0.465 e. The van der Waals surface area contributed by atoms with Crippen LogP contribution in [-0.4, -0.2) is 65.2 Å². The Morgan fingerprint density at radius 3 is 1.38 bits per heavy atom. The summed E-state index contributed by atoms with van der Waals surface area (Å²) in [4.78, 5) is 26.5. The van der Waals surface area contributed by atoms with Gasteiger partial charge in [0.2, 0.25) is 0 Å². The number of carbonyl (C=O) groups is 1. The first kappa shape index (κ1) is 52.9. The van der Waals surface area contributed by atoms with Crippen molar-refractivity contribution in [2.75, 3.05) is 26.3 Å². The molecule has 0 spiro atoms. The van der Waals surface area contributed by atoms with Crippen LogP contribution in [0.15, 0.2) is 0 Å². The Morgan fingerprint density at radius 1 is 0.518 bits per heavy atom. The van der Waals surface area contributed by atoms with E-state index >= 15 is 0 Å². The number of carbonyl (C=O) groups excluding carboxylic acids is 2. The molecule has 0 aromatic heterocycles. The van der Waals surface area contributed by atoms with Gasteiger partial charge >= 0.3 is 11.9 Å². The molecule has 1 aliphatic carbocycles. The lowest BCUT2D eigenvalue weighted by atomic mass is 9.91. The van der Waals surface area contributed by atoms with E-state index in [0.717, 1.165) is 122 Å². The zero-order valence-electron chi connectivity index (χ0n) is 38.2. The average molecular weight is 793 g/mol. The Labute approximate surface area is 349 Å². The molecule has 0 aromatic carbocycles. The first-order valence-corrected chi connectivity index (χ1v) is 25.3. The molecule has 4 atom stereocenters. The van der Waals surface area contributed by atoms with E-state index in [1.54, 1.807) is 0 Å². The Bertz CT molecular complexity index is 808. The maximum Gasteiger partial charge on any atom is 0.485 e. The van der Waals surface area contributed by atoms with Crippen molar-refractivity contribution in [3.05, 3.63) is 0 Å². The van der Waals surface area contributed by atoms with Crippen LogP contribution in [-0.2, 0) is 14.3 Å². The molecule has 0 aliphatic heterocycles. The molecule has 332 valence electrons. The Morgan fingerprint density at radius 2 is 0.893 bits per heavy atom. The van der Waals surface area contributed by atoms with Crippen molar-refractivity contribution in [1.82, 2.24) is 4.90 Å². The highest BCUT2D eigenvalue weighted by atomic mass is 16.5. The Hall–Kier alpha value is -1.14. The molecule has 0 amide bonds. The van der Waals surface area contributed by atoms with Crippen LogP contribution in [0.5, 0.6) is 0 Å². The summed E-state index contributed by atoms with van der Waals surface area (Å²) in [5.41, 5.74) is 0. The Balaban J connectivity index is 2.39. The second-order valence-corrected chi connectivity index (χ2v) is 17.8. The summed E-state index contributed by atoms with van der Waals surface area (Å²) >= 11 is 0. The van der Waals surface area contributed by atoms with Gasteiger partial charge in [0.25, 0.3) is 0 Å². The van der Waals surface area contributed by atoms with Gasteiger partial charge in [0, 0.05) is 12.5 Å². The molecule has 0 radical (unpaired) electrons. The number of aliphatic hydroxyl groups excluding tert-OH is 1. The number of rotatable bonds is 41. The van der Waals surface area contributed by atoms with Gasteiger partial charge < -0.3 is 19.4 Å². The molecular formula is C50H98NO5+. The number of esters is 2. The third-order valence-electron chi connectivity index (χ3n) is 12.6. The topological polar surface area (TPSA) is 80.4 Å². The molecule has 1 aliphatic rings. The van der Waals surface area contributed by atoms with E-state index in [0.29, 0.717) is 25.2 Å². The van der Waals surface area contributed by atoms with Gasteiger partial charge in [-0.25, -0.2) is 0 Å². The van der Waals surface area contributed by atoms with Crippen molar-refractivity contribution in [1.29, 1.82) is 0 Å². The van der Waals surface area contributed by atoms with Crippen LogP contribution in [0.3, 0.4) is 0 Å². The van der Waals surface area contributed by atoms with E-state index in [9.17, 15) is 14.7 Å². The van der Waals surface area contributed by atoms with E-state index in [1.165, 1.54) is 122 Å². The second kappa shape index (κ2) is 39.3. The summed E-state index contributed by atoms with van der Waals surface area (Å²) in [6, 6.07) is 0.293. The maximum absolute atomic E-state index is 13.0. The van der Waals surface area contributed by atoms with E-state index < -0.39 is 0 Å². The molecule has 0 heterocycles. The molecule has 1 fully saturated rings. The van der Waals surface area contributed by atoms with Crippen LogP contribution in [0.2, 0.25) is 0 Å². The predicted molar refractivity (Wildman–Crippen MR) is 241 cm³/mol. The SMILES string of the molecule is CCCCCCCCC(CCCCCC)C(=O)OCCCCCCN(CCCCCCOC(=[OH+])C(CCCCCC)CCCCCCCC)C1CCCCC1O. The molecule has 4 unspecified atom stereocenters. The minimum atomic E-state index is -0.201. The number of hydrogen-bond donors (Lipinski definition) is 1. The van der Waals surface area contributed by atoms with E-state index in [1.807, 2.05) is 0 Å². The van der Waals surface area contributed by atoms with Gasteiger partial charge in [-0.3, -0.25) is 9.69 Å². The molecule has 2 N–H and O–H groups in total. The Kier molecular flexibility index (Phi) is 37.1. The van der Waals surface area contributed by atoms with Gasteiger partial charge in [0.1, 0.15) is 5.92 Å². The molecule has 0 bridgehead atoms. The molecule has 6 nitrogen and oxygen atoms in total. The van der Waals surface area contributed by atoms with Gasteiger partial charge in [0.05, 0.1) is 18.6 Å². The monoisotopic (exact) mass is 793 g/mol. The third-order valence-corrected chi connectivity index (χ3v) is 12.6. The van der Waals surface area contributed by atoms with Crippen molar-refractivity contribution >= 4 is 11.9 Å². The van der Waals surface area contributed by atoms with Crippen LogP contribution in [0.25, 0.3) is 0 Å². The summed E-state index contributed by atoms with van der Waals surface area (Å²) in [6.45, 7) is 12.3. The van der Waals surface area contributed by atoms with Crippen molar-refractivity contribution < 1.29 is 24.2 Å². The lowest BCUT2D eigenvalue weighted by Crippen LogP contribution is -2.46. The van der Waals surface area contributed by atoms with Crippen LogP contribution in [0, 0.1) is 11.8 Å². The summed E-state index contributed by atoms with van der Waals surface area (Å²) in [6.07, 6.45) is 42.2. The van der Waals surface area contributed by atoms with E-state index in [4.69, 9.17) is 9.47 Å². The lowest BCUT2D eigenvalue weighted by molar-refractivity contribution is -0.149. The summed E-state index contributed by atoms with van der Waals surface area (Å²) in [7, 11) is 0. The molecule has 0 aromatic rings. The average Bonchev–Trinajstić information content (AvgIpc) is 3.20. The molecule has 1 rings (SSSR count). The number of nitrogens with zero attached hydrogens (tertiary/aromatic N) is 1. The highest BCUT2D eigenvalue weighted by molar-refractivity contribution is 5.73. The van der Waals surface area contributed by atoms with Crippen molar-refractivity contribution in [2.45, 2.75) is 271 Å². The van der Waals surface area contributed by atoms with Gasteiger partial charge in [-0.05, 0) is 77.3 Å². The van der Waals surface area contributed by atoms with Gasteiger partial charge in [-0.1, -0.05) is 188 Å². The number of unbranched alkanes of at least 4 members (excludes halogenated alkanes) is 22. The number of ether oxygens (including phenoxy) is 2. The van der Waals surface area contributed by atoms with Crippen molar-refractivity contribution in [3.63, 3.8) is 0 Å².